The molecule has 0 amide bonds. The van der Waals surface area contributed by atoms with Crippen LogP contribution in [-0.2, 0) is 17.8 Å². The lowest BCUT2D eigenvalue weighted by molar-refractivity contribution is 0.0526. The smallest absolute Gasteiger partial charge is 0.338 e. The Labute approximate surface area is 149 Å². The third-order valence-corrected chi connectivity index (χ3v) is 5.05. The molecule has 0 aromatic heterocycles. The maximum atomic E-state index is 12.0. The first kappa shape index (κ1) is 14.8. The molecule has 0 saturated carbocycles. The van der Waals surface area contributed by atoms with Crippen LogP contribution in [0.5, 0.6) is 0 Å². The number of carbonyl (C=O) groups excluding carboxylic acids is 1. The Morgan fingerprint density at radius 1 is 1.09 bits per heavy atom. The fourth-order valence-corrected chi connectivity index (χ4v) is 3.95. The average molecular weight is 420 g/mol. The summed E-state index contributed by atoms with van der Waals surface area (Å²) in [6.07, 6.45) is 0. The molecule has 0 aliphatic carbocycles. The van der Waals surface area contributed by atoms with Crippen molar-refractivity contribution in [3.05, 3.63) is 56.7 Å². The molecule has 0 fully saturated rings. The van der Waals surface area contributed by atoms with Gasteiger partial charge in [0.15, 0.2) is 0 Å². The van der Waals surface area contributed by atoms with Gasteiger partial charge in [-0.15, -0.1) is 0 Å². The first-order valence-electron chi connectivity index (χ1n) is 7.74. The standard InChI is InChI=1S/C18H17IN2O2/c1-2-23-18(22)12-3-5-16-13(7-12)9-20-11-21(16)10-14-8-15(19)4-6-17(14)20/h3-8H,2,9-11H2,1H3. The van der Waals surface area contributed by atoms with E-state index in [1.807, 2.05) is 19.1 Å². The normalized spacial score (nSPS) is 15.0. The van der Waals surface area contributed by atoms with E-state index in [1.165, 1.54) is 26.1 Å². The summed E-state index contributed by atoms with van der Waals surface area (Å²) in [5, 5.41) is 0. The molecule has 2 aliphatic rings. The zero-order chi connectivity index (χ0) is 16.0. The molecule has 2 aromatic rings. The zero-order valence-corrected chi connectivity index (χ0v) is 15.0. The monoisotopic (exact) mass is 420 g/mol. The maximum Gasteiger partial charge on any atom is 0.338 e. The van der Waals surface area contributed by atoms with E-state index in [2.05, 4.69) is 56.7 Å². The number of hydrogen-bond donors (Lipinski definition) is 0. The summed E-state index contributed by atoms with van der Waals surface area (Å²) in [5.41, 5.74) is 5.71. The summed E-state index contributed by atoms with van der Waals surface area (Å²) in [6.45, 7) is 4.87. The Hall–Kier alpha value is -1.76. The second-order valence-corrected chi connectivity index (χ2v) is 7.12. The topological polar surface area (TPSA) is 32.8 Å². The maximum absolute atomic E-state index is 12.0. The van der Waals surface area contributed by atoms with Crippen LogP contribution in [0.1, 0.15) is 28.4 Å². The molecule has 0 atom stereocenters. The van der Waals surface area contributed by atoms with Crippen LogP contribution in [0.15, 0.2) is 36.4 Å². The third-order valence-electron chi connectivity index (χ3n) is 4.38. The lowest BCUT2D eigenvalue weighted by atomic mass is 10.00. The van der Waals surface area contributed by atoms with Gasteiger partial charge in [-0.25, -0.2) is 4.79 Å². The van der Waals surface area contributed by atoms with Gasteiger partial charge in [0.2, 0.25) is 0 Å². The van der Waals surface area contributed by atoms with E-state index in [1.54, 1.807) is 0 Å². The van der Waals surface area contributed by atoms with Gasteiger partial charge in [0.05, 0.1) is 18.8 Å². The molecule has 23 heavy (non-hydrogen) atoms. The Morgan fingerprint density at radius 3 is 2.43 bits per heavy atom. The minimum atomic E-state index is -0.244. The van der Waals surface area contributed by atoms with E-state index < -0.39 is 0 Å². The van der Waals surface area contributed by atoms with Gasteiger partial charge in [0.25, 0.3) is 0 Å². The number of hydrogen-bond acceptors (Lipinski definition) is 4. The van der Waals surface area contributed by atoms with Crippen LogP contribution >= 0.6 is 22.6 Å². The Balaban J connectivity index is 1.71. The molecule has 0 spiro atoms. The minimum Gasteiger partial charge on any atom is -0.462 e. The summed E-state index contributed by atoms with van der Waals surface area (Å²) in [7, 11) is 0. The lowest BCUT2D eigenvalue weighted by Gasteiger charge is -2.44. The molecule has 4 rings (SSSR count). The molecule has 0 unspecified atom stereocenters. The van der Waals surface area contributed by atoms with Crippen LogP contribution in [0.3, 0.4) is 0 Å². The summed E-state index contributed by atoms with van der Waals surface area (Å²) < 4.78 is 6.38. The van der Waals surface area contributed by atoms with Gasteiger partial charge in [-0.2, -0.15) is 0 Å². The van der Waals surface area contributed by atoms with Crippen molar-refractivity contribution in [3.63, 3.8) is 0 Å². The van der Waals surface area contributed by atoms with Gasteiger partial charge in [-0.05, 0) is 77.0 Å². The van der Waals surface area contributed by atoms with Gasteiger partial charge < -0.3 is 14.5 Å². The van der Waals surface area contributed by atoms with Crippen molar-refractivity contribution < 1.29 is 9.53 Å². The Kier molecular flexibility index (Phi) is 3.67. The largest absolute Gasteiger partial charge is 0.462 e. The number of carbonyl (C=O) groups is 1. The molecule has 2 heterocycles. The molecule has 0 radical (unpaired) electrons. The van der Waals surface area contributed by atoms with Gasteiger partial charge in [-0.3, -0.25) is 0 Å². The van der Waals surface area contributed by atoms with Gasteiger partial charge >= 0.3 is 5.97 Å². The van der Waals surface area contributed by atoms with Gasteiger partial charge in [-0.1, -0.05) is 0 Å². The van der Waals surface area contributed by atoms with Gasteiger partial charge in [0.1, 0.15) is 0 Å². The average Bonchev–Trinajstić information content (AvgIpc) is 2.54. The van der Waals surface area contributed by atoms with E-state index in [9.17, 15) is 4.79 Å². The number of fused-ring (bicyclic) bond motifs is 6. The van der Waals surface area contributed by atoms with E-state index in [-0.39, 0.29) is 5.97 Å². The predicted molar refractivity (Wildman–Crippen MR) is 98.8 cm³/mol. The van der Waals surface area contributed by atoms with Crippen LogP contribution in [0, 0.1) is 3.57 Å². The van der Waals surface area contributed by atoms with E-state index in [4.69, 9.17) is 4.74 Å². The van der Waals surface area contributed by atoms with Crippen molar-refractivity contribution in [3.8, 4) is 0 Å². The molecule has 118 valence electrons. The fourth-order valence-electron chi connectivity index (χ4n) is 3.39. The number of esters is 1. The van der Waals surface area contributed by atoms with Crippen molar-refractivity contribution in [1.82, 2.24) is 0 Å². The predicted octanol–water partition coefficient (Wildman–Crippen LogP) is 3.77. The fraction of sp³-hybridized carbons (Fsp3) is 0.278. The van der Waals surface area contributed by atoms with Crippen LogP contribution in [-0.4, -0.2) is 19.2 Å². The van der Waals surface area contributed by atoms with Crippen molar-refractivity contribution >= 4 is 39.9 Å². The van der Waals surface area contributed by atoms with Crippen molar-refractivity contribution in [2.45, 2.75) is 20.0 Å². The SMILES string of the molecule is CCOC(=O)c1ccc2c(c1)CN1CN2Cc2cc(I)ccc21. The number of ether oxygens (including phenoxy) is 1. The first-order chi connectivity index (χ1) is 11.2. The summed E-state index contributed by atoms with van der Waals surface area (Å²) in [4.78, 5) is 16.7. The lowest BCUT2D eigenvalue weighted by Crippen LogP contribution is -2.46. The zero-order valence-electron chi connectivity index (χ0n) is 12.9. The van der Waals surface area contributed by atoms with E-state index >= 15 is 0 Å². The molecule has 2 aromatic carbocycles. The van der Waals surface area contributed by atoms with Gasteiger partial charge in [0, 0.05) is 28.0 Å². The summed E-state index contributed by atoms with van der Waals surface area (Å²) >= 11 is 2.36. The highest BCUT2D eigenvalue weighted by molar-refractivity contribution is 14.1. The van der Waals surface area contributed by atoms with E-state index in [0.717, 1.165) is 19.8 Å². The van der Waals surface area contributed by atoms with Crippen molar-refractivity contribution in [2.24, 2.45) is 0 Å². The Morgan fingerprint density at radius 2 is 1.74 bits per heavy atom. The number of halogens is 1. The summed E-state index contributed by atoms with van der Waals surface area (Å²) in [5.74, 6) is -0.244. The van der Waals surface area contributed by atoms with Crippen molar-refractivity contribution in [2.75, 3.05) is 23.1 Å². The summed E-state index contributed by atoms with van der Waals surface area (Å²) in [6, 6.07) is 12.5. The second-order valence-electron chi connectivity index (χ2n) is 5.87. The van der Waals surface area contributed by atoms with E-state index in [0.29, 0.717) is 12.2 Å². The number of rotatable bonds is 2. The van der Waals surface area contributed by atoms with Crippen LogP contribution < -0.4 is 9.80 Å². The molecule has 2 bridgehead atoms. The molecular weight excluding hydrogens is 403 g/mol. The quantitative estimate of drug-likeness (QED) is 0.547. The highest BCUT2D eigenvalue weighted by Crippen LogP contribution is 2.38. The molecule has 0 N–H and O–H groups in total. The number of benzene rings is 2. The second kappa shape index (κ2) is 5.70. The van der Waals surface area contributed by atoms with Crippen LogP contribution in [0.2, 0.25) is 0 Å². The number of nitrogens with zero attached hydrogens (tertiary/aromatic N) is 2. The number of anilines is 2. The highest BCUT2D eigenvalue weighted by Gasteiger charge is 2.29. The third kappa shape index (κ3) is 2.56. The van der Waals surface area contributed by atoms with Crippen LogP contribution in [0.25, 0.3) is 0 Å². The van der Waals surface area contributed by atoms with Crippen molar-refractivity contribution in [1.29, 1.82) is 0 Å². The first-order valence-corrected chi connectivity index (χ1v) is 8.82. The molecule has 2 aliphatic heterocycles. The molecule has 0 saturated heterocycles. The molecule has 5 heteroatoms. The Bertz CT molecular complexity index is 791. The minimum absolute atomic E-state index is 0.244. The van der Waals surface area contributed by atoms with Crippen LogP contribution in [0.4, 0.5) is 11.4 Å². The molecular formula is C18H17IN2O2. The highest BCUT2D eigenvalue weighted by atomic mass is 127. The molecule has 4 nitrogen and oxygen atoms in total.